The molecule has 0 spiro atoms. The summed E-state index contributed by atoms with van der Waals surface area (Å²) in [5.74, 6) is 0. The van der Waals surface area contributed by atoms with Crippen molar-refractivity contribution in [3.8, 4) is 0 Å². The van der Waals surface area contributed by atoms with Crippen LogP contribution in [0.1, 0.15) is 0 Å². The quantitative estimate of drug-likeness (QED) is 0.501. The minimum absolute atomic E-state index is 0.612. The molecule has 1 aliphatic rings. The van der Waals surface area contributed by atoms with E-state index in [0.717, 1.165) is 6.67 Å². The van der Waals surface area contributed by atoms with Crippen molar-refractivity contribution in [2.24, 2.45) is 5.73 Å². The molecule has 3 heteroatoms. The van der Waals surface area contributed by atoms with Gasteiger partial charge < -0.3 is 15.5 Å². The van der Waals surface area contributed by atoms with Crippen molar-refractivity contribution in [3.05, 3.63) is 12.4 Å². The maximum Gasteiger partial charge on any atom is 0.0902 e. The molecule has 0 aromatic heterocycles. The van der Waals surface area contributed by atoms with E-state index in [-0.39, 0.29) is 0 Å². The molecule has 2 N–H and O–H groups in total. The van der Waals surface area contributed by atoms with Gasteiger partial charge in [0.15, 0.2) is 0 Å². The van der Waals surface area contributed by atoms with Crippen molar-refractivity contribution < 1.29 is 0 Å². The number of hydrogen-bond acceptors (Lipinski definition) is 3. The Hall–Kier alpha value is -0.700. The Morgan fingerprint density at radius 1 is 1.62 bits per heavy atom. The molecule has 0 saturated heterocycles. The summed E-state index contributed by atoms with van der Waals surface area (Å²) < 4.78 is 0. The Labute approximate surface area is 49.4 Å². The Bertz CT molecular complexity index is 99.8. The number of hydrogen-bond donors (Lipinski definition) is 1. The molecular weight excluding hydrogens is 102 g/mol. The summed E-state index contributed by atoms with van der Waals surface area (Å²) in [5.41, 5.74) is 5.34. The van der Waals surface area contributed by atoms with Crippen LogP contribution < -0.4 is 5.73 Å². The molecule has 1 aliphatic heterocycles. The van der Waals surface area contributed by atoms with Crippen LogP contribution in [0.25, 0.3) is 0 Å². The molecule has 0 aromatic rings. The fourth-order valence-electron chi connectivity index (χ4n) is 0.707. The highest BCUT2D eigenvalue weighted by Gasteiger charge is 2.03. The molecule has 0 unspecified atom stereocenters. The van der Waals surface area contributed by atoms with Gasteiger partial charge in [0.05, 0.1) is 13.3 Å². The first-order valence-electron chi connectivity index (χ1n) is 2.65. The van der Waals surface area contributed by atoms with Crippen LogP contribution in [-0.4, -0.2) is 30.2 Å². The normalized spacial score (nSPS) is 18.2. The third-order valence-corrected chi connectivity index (χ3v) is 1.17. The molecule has 0 atom stereocenters. The minimum Gasteiger partial charge on any atom is -0.362 e. The average molecular weight is 113 g/mol. The van der Waals surface area contributed by atoms with Crippen LogP contribution in [0.15, 0.2) is 12.4 Å². The van der Waals surface area contributed by atoms with Gasteiger partial charge >= 0.3 is 0 Å². The lowest BCUT2D eigenvalue weighted by atomic mass is 10.8. The Morgan fingerprint density at radius 3 is 2.62 bits per heavy atom. The van der Waals surface area contributed by atoms with Gasteiger partial charge in [-0.2, -0.15) is 0 Å². The molecule has 46 valence electrons. The van der Waals surface area contributed by atoms with Crippen LogP contribution in [-0.2, 0) is 0 Å². The second-order valence-corrected chi connectivity index (χ2v) is 1.97. The van der Waals surface area contributed by atoms with E-state index in [4.69, 9.17) is 5.73 Å². The first-order chi connectivity index (χ1) is 3.83. The smallest absolute Gasteiger partial charge is 0.0902 e. The highest BCUT2D eigenvalue weighted by molar-refractivity contribution is 4.87. The zero-order chi connectivity index (χ0) is 5.98. The van der Waals surface area contributed by atoms with Gasteiger partial charge in [0.1, 0.15) is 0 Å². The van der Waals surface area contributed by atoms with Crippen molar-refractivity contribution >= 4 is 0 Å². The van der Waals surface area contributed by atoms with Crippen LogP contribution in [0.5, 0.6) is 0 Å². The number of rotatable bonds is 1. The van der Waals surface area contributed by atoms with Gasteiger partial charge in [0.25, 0.3) is 0 Å². The predicted octanol–water partition coefficient (Wildman–Crippen LogP) is -0.421. The maximum absolute atomic E-state index is 5.34. The monoisotopic (exact) mass is 113 g/mol. The zero-order valence-electron chi connectivity index (χ0n) is 5.04. The molecule has 1 heterocycles. The summed E-state index contributed by atoms with van der Waals surface area (Å²) in [6, 6.07) is 0. The van der Waals surface area contributed by atoms with Gasteiger partial charge in [-0.3, -0.25) is 0 Å². The van der Waals surface area contributed by atoms with E-state index in [1.165, 1.54) is 0 Å². The number of nitrogens with two attached hydrogens (primary N) is 1. The topological polar surface area (TPSA) is 32.5 Å². The molecule has 3 nitrogen and oxygen atoms in total. The summed E-state index contributed by atoms with van der Waals surface area (Å²) in [6.07, 6.45) is 3.99. The summed E-state index contributed by atoms with van der Waals surface area (Å²) in [6.45, 7) is 1.54. The molecule has 0 aliphatic carbocycles. The standard InChI is InChI=1S/C5H11N3/c1-7-2-3-8(4-6)5-7/h2-3H,4-6H2,1H3. The van der Waals surface area contributed by atoms with Crippen LogP contribution in [0.4, 0.5) is 0 Å². The number of nitrogens with zero attached hydrogens (tertiary/aromatic N) is 2. The third-order valence-electron chi connectivity index (χ3n) is 1.17. The van der Waals surface area contributed by atoms with Crippen molar-refractivity contribution in [1.82, 2.24) is 9.80 Å². The van der Waals surface area contributed by atoms with Crippen molar-refractivity contribution in [3.63, 3.8) is 0 Å². The Balaban J connectivity index is 2.34. The van der Waals surface area contributed by atoms with Gasteiger partial charge in [-0.15, -0.1) is 0 Å². The van der Waals surface area contributed by atoms with Gasteiger partial charge in [0, 0.05) is 19.4 Å². The van der Waals surface area contributed by atoms with Crippen LogP contribution >= 0.6 is 0 Å². The summed E-state index contributed by atoms with van der Waals surface area (Å²) in [7, 11) is 2.02. The third kappa shape index (κ3) is 0.924. The van der Waals surface area contributed by atoms with E-state index in [9.17, 15) is 0 Å². The molecule has 8 heavy (non-hydrogen) atoms. The predicted molar refractivity (Wildman–Crippen MR) is 32.7 cm³/mol. The highest BCUT2D eigenvalue weighted by Crippen LogP contribution is 1.99. The molecule has 0 bridgehead atoms. The minimum atomic E-state index is 0.612. The lowest BCUT2D eigenvalue weighted by molar-refractivity contribution is 0.303. The van der Waals surface area contributed by atoms with E-state index in [2.05, 4.69) is 4.90 Å². The molecule has 0 radical (unpaired) electrons. The zero-order valence-corrected chi connectivity index (χ0v) is 5.04. The van der Waals surface area contributed by atoms with E-state index in [1.807, 2.05) is 24.3 Å². The summed E-state index contributed by atoms with van der Waals surface area (Å²) >= 11 is 0. The maximum atomic E-state index is 5.34. The van der Waals surface area contributed by atoms with Crippen molar-refractivity contribution in [1.29, 1.82) is 0 Å². The average Bonchev–Trinajstić information content (AvgIpc) is 2.14. The summed E-state index contributed by atoms with van der Waals surface area (Å²) in [4.78, 5) is 4.10. The Morgan fingerprint density at radius 2 is 2.38 bits per heavy atom. The summed E-state index contributed by atoms with van der Waals surface area (Å²) in [5, 5.41) is 0. The lowest BCUT2D eigenvalue weighted by Gasteiger charge is -2.14. The second-order valence-electron chi connectivity index (χ2n) is 1.97. The molecule has 0 aromatic carbocycles. The van der Waals surface area contributed by atoms with Gasteiger partial charge in [-0.1, -0.05) is 0 Å². The molecule has 0 fully saturated rings. The van der Waals surface area contributed by atoms with E-state index in [0.29, 0.717) is 6.67 Å². The van der Waals surface area contributed by atoms with Crippen LogP contribution in [0.3, 0.4) is 0 Å². The first kappa shape index (κ1) is 5.44. The van der Waals surface area contributed by atoms with Gasteiger partial charge in [-0.25, -0.2) is 0 Å². The Kier molecular flexibility index (Phi) is 1.39. The molecule has 0 saturated carbocycles. The SMILES string of the molecule is CN1C=CN(CN)C1. The van der Waals surface area contributed by atoms with E-state index < -0.39 is 0 Å². The fourth-order valence-corrected chi connectivity index (χ4v) is 0.707. The van der Waals surface area contributed by atoms with Crippen LogP contribution in [0, 0.1) is 0 Å². The second kappa shape index (κ2) is 2.05. The van der Waals surface area contributed by atoms with Gasteiger partial charge in [0.2, 0.25) is 0 Å². The molecular formula is C5H11N3. The van der Waals surface area contributed by atoms with Crippen molar-refractivity contribution in [2.45, 2.75) is 0 Å². The highest BCUT2D eigenvalue weighted by atomic mass is 15.3. The molecule has 0 amide bonds. The fraction of sp³-hybridized carbons (Fsp3) is 0.600. The first-order valence-corrected chi connectivity index (χ1v) is 2.65. The van der Waals surface area contributed by atoms with E-state index >= 15 is 0 Å². The van der Waals surface area contributed by atoms with Gasteiger partial charge in [-0.05, 0) is 0 Å². The van der Waals surface area contributed by atoms with Crippen molar-refractivity contribution in [2.75, 3.05) is 20.4 Å². The van der Waals surface area contributed by atoms with E-state index in [1.54, 1.807) is 0 Å². The molecule has 1 rings (SSSR count). The van der Waals surface area contributed by atoms with Crippen LogP contribution in [0.2, 0.25) is 0 Å². The largest absolute Gasteiger partial charge is 0.362 e. The lowest BCUT2D eigenvalue weighted by Crippen LogP contribution is -2.27.